The lowest BCUT2D eigenvalue weighted by atomic mass is 10.0. The molecule has 1 unspecified atom stereocenters. The highest BCUT2D eigenvalue weighted by Gasteiger charge is 2.11. The minimum Gasteiger partial charge on any atom is -0.396 e. The Morgan fingerprint density at radius 2 is 2.12 bits per heavy atom. The van der Waals surface area contributed by atoms with Gasteiger partial charge in [-0.1, -0.05) is 19.9 Å². The summed E-state index contributed by atoms with van der Waals surface area (Å²) in [4.78, 5) is 4.26. The number of pyridine rings is 1. The van der Waals surface area contributed by atoms with E-state index in [1.165, 1.54) is 5.56 Å². The van der Waals surface area contributed by atoms with E-state index in [0.29, 0.717) is 12.0 Å². The van der Waals surface area contributed by atoms with Crippen molar-refractivity contribution < 1.29 is 5.11 Å². The van der Waals surface area contributed by atoms with Crippen molar-refractivity contribution in [1.82, 2.24) is 10.3 Å². The summed E-state index contributed by atoms with van der Waals surface area (Å²) in [5, 5.41) is 12.4. The minimum atomic E-state index is 0.238. The van der Waals surface area contributed by atoms with E-state index >= 15 is 0 Å². The number of aliphatic hydroxyl groups excluding tert-OH is 1. The van der Waals surface area contributed by atoms with Crippen LogP contribution in [0.1, 0.15) is 31.5 Å². The van der Waals surface area contributed by atoms with Crippen LogP contribution in [-0.4, -0.2) is 22.7 Å². The highest BCUT2D eigenvalue weighted by molar-refractivity contribution is 5.12. The van der Waals surface area contributed by atoms with Crippen molar-refractivity contribution in [2.24, 2.45) is 5.92 Å². The fourth-order valence-electron chi connectivity index (χ4n) is 1.66. The monoisotopic (exact) mass is 222 g/mol. The van der Waals surface area contributed by atoms with Crippen LogP contribution in [0.2, 0.25) is 0 Å². The van der Waals surface area contributed by atoms with Crippen LogP contribution in [0.15, 0.2) is 18.3 Å². The number of rotatable bonds is 6. The maximum Gasteiger partial charge on any atom is 0.0445 e. The summed E-state index contributed by atoms with van der Waals surface area (Å²) in [6.45, 7) is 7.37. The first-order valence-corrected chi connectivity index (χ1v) is 5.89. The molecule has 1 aromatic rings. The third-order valence-electron chi connectivity index (χ3n) is 2.79. The molecule has 0 saturated carbocycles. The second kappa shape index (κ2) is 6.61. The lowest BCUT2D eigenvalue weighted by Crippen LogP contribution is -2.34. The van der Waals surface area contributed by atoms with Gasteiger partial charge in [-0.15, -0.1) is 0 Å². The Hall–Kier alpha value is -0.930. The molecule has 1 rings (SSSR count). The van der Waals surface area contributed by atoms with Crippen molar-refractivity contribution in [2.75, 3.05) is 6.61 Å². The smallest absolute Gasteiger partial charge is 0.0445 e. The molecule has 0 radical (unpaired) electrons. The Morgan fingerprint density at radius 1 is 1.38 bits per heavy atom. The molecular formula is C13H22N2O. The van der Waals surface area contributed by atoms with Gasteiger partial charge in [-0.25, -0.2) is 0 Å². The van der Waals surface area contributed by atoms with Crippen LogP contribution < -0.4 is 5.32 Å². The summed E-state index contributed by atoms with van der Waals surface area (Å²) in [6.07, 6.45) is 2.70. The number of nitrogens with zero attached hydrogens (tertiary/aromatic N) is 1. The second-order valence-corrected chi connectivity index (χ2v) is 4.55. The van der Waals surface area contributed by atoms with Crippen molar-refractivity contribution in [2.45, 2.75) is 39.8 Å². The lowest BCUT2D eigenvalue weighted by molar-refractivity contribution is 0.244. The molecule has 2 N–H and O–H groups in total. The zero-order valence-electron chi connectivity index (χ0n) is 10.4. The maximum absolute atomic E-state index is 8.97. The molecule has 0 saturated heterocycles. The summed E-state index contributed by atoms with van der Waals surface area (Å²) >= 11 is 0. The third-order valence-corrected chi connectivity index (χ3v) is 2.79. The van der Waals surface area contributed by atoms with Gasteiger partial charge in [-0.05, 0) is 30.9 Å². The molecule has 1 aromatic heterocycles. The van der Waals surface area contributed by atoms with E-state index in [4.69, 9.17) is 5.11 Å². The average Bonchev–Trinajstić information content (AvgIpc) is 2.26. The molecule has 0 spiro atoms. The van der Waals surface area contributed by atoms with Gasteiger partial charge in [-0.2, -0.15) is 0 Å². The third kappa shape index (κ3) is 4.29. The van der Waals surface area contributed by atoms with Crippen LogP contribution in [0.5, 0.6) is 0 Å². The first-order valence-electron chi connectivity index (χ1n) is 5.89. The Labute approximate surface area is 97.9 Å². The van der Waals surface area contributed by atoms with Gasteiger partial charge < -0.3 is 10.4 Å². The van der Waals surface area contributed by atoms with Crippen LogP contribution in [0.3, 0.4) is 0 Å². The summed E-state index contributed by atoms with van der Waals surface area (Å²) in [7, 11) is 0. The normalized spacial score (nSPS) is 13.1. The molecule has 1 heterocycles. The van der Waals surface area contributed by atoms with Crippen LogP contribution in [0.4, 0.5) is 0 Å². The first-order chi connectivity index (χ1) is 7.63. The number of aryl methyl sites for hydroxylation is 1. The number of aliphatic hydroxyl groups is 1. The summed E-state index contributed by atoms with van der Waals surface area (Å²) in [5.74, 6) is 0.533. The van der Waals surface area contributed by atoms with E-state index in [9.17, 15) is 0 Å². The maximum atomic E-state index is 8.97. The first kappa shape index (κ1) is 13.1. The van der Waals surface area contributed by atoms with Crippen molar-refractivity contribution in [3.63, 3.8) is 0 Å². The second-order valence-electron chi connectivity index (χ2n) is 4.55. The molecule has 3 nitrogen and oxygen atoms in total. The molecule has 0 amide bonds. The highest BCUT2D eigenvalue weighted by Crippen LogP contribution is 2.07. The molecule has 0 fully saturated rings. The molecule has 0 aliphatic carbocycles. The zero-order valence-corrected chi connectivity index (χ0v) is 10.4. The fourth-order valence-corrected chi connectivity index (χ4v) is 1.66. The molecule has 3 heteroatoms. The van der Waals surface area contributed by atoms with Crippen molar-refractivity contribution in [3.05, 3.63) is 29.6 Å². The quantitative estimate of drug-likeness (QED) is 0.772. The van der Waals surface area contributed by atoms with Crippen LogP contribution in [0.25, 0.3) is 0 Å². The van der Waals surface area contributed by atoms with Gasteiger partial charge >= 0.3 is 0 Å². The molecule has 0 aliphatic rings. The fraction of sp³-hybridized carbons (Fsp3) is 0.615. The lowest BCUT2D eigenvalue weighted by Gasteiger charge is -2.21. The van der Waals surface area contributed by atoms with Gasteiger partial charge in [0.1, 0.15) is 0 Å². The van der Waals surface area contributed by atoms with E-state index in [1.54, 1.807) is 0 Å². The predicted octanol–water partition coefficient (Wildman–Crippen LogP) is 1.89. The van der Waals surface area contributed by atoms with Gasteiger partial charge in [0.25, 0.3) is 0 Å². The molecule has 90 valence electrons. The van der Waals surface area contributed by atoms with Crippen molar-refractivity contribution in [3.8, 4) is 0 Å². The molecule has 0 aliphatic heterocycles. The minimum absolute atomic E-state index is 0.238. The number of nitrogens with one attached hydrogen (secondary N) is 1. The Morgan fingerprint density at radius 3 is 2.62 bits per heavy atom. The summed E-state index contributed by atoms with van der Waals surface area (Å²) in [6, 6.07) is 4.48. The number of hydrogen-bond acceptors (Lipinski definition) is 3. The summed E-state index contributed by atoms with van der Waals surface area (Å²) < 4.78 is 0. The van der Waals surface area contributed by atoms with Crippen LogP contribution in [-0.2, 0) is 6.54 Å². The topological polar surface area (TPSA) is 45.1 Å². The molecular weight excluding hydrogens is 200 g/mol. The van der Waals surface area contributed by atoms with Crippen LogP contribution >= 0.6 is 0 Å². The van der Waals surface area contributed by atoms with Gasteiger partial charge in [-0.3, -0.25) is 4.98 Å². The van der Waals surface area contributed by atoms with E-state index in [2.05, 4.69) is 30.2 Å². The molecule has 0 aromatic carbocycles. The van der Waals surface area contributed by atoms with E-state index in [1.807, 2.05) is 19.2 Å². The number of hydrogen-bond donors (Lipinski definition) is 2. The standard InChI is InChI=1S/C13H22N2O/c1-10(2)13(6-7-16)15-9-12-5-4-11(3)14-8-12/h4-5,8,10,13,15-16H,6-7,9H2,1-3H3. The summed E-state index contributed by atoms with van der Waals surface area (Å²) in [5.41, 5.74) is 2.23. The predicted molar refractivity (Wildman–Crippen MR) is 66.1 cm³/mol. The van der Waals surface area contributed by atoms with E-state index in [-0.39, 0.29) is 6.61 Å². The van der Waals surface area contributed by atoms with Crippen molar-refractivity contribution >= 4 is 0 Å². The van der Waals surface area contributed by atoms with E-state index in [0.717, 1.165) is 18.7 Å². The van der Waals surface area contributed by atoms with Gasteiger partial charge in [0.05, 0.1) is 0 Å². The largest absolute Gasteiger partial charge is 0.396 e. The average molecular weight is 222 g/mol. The van der Waals surface area contributed by atoms with Crippen molar-refractivity contribution in [1.29, 1.82) is 0 Å². The zero-order chi connectivity index (χ0) is 12.0. The van der Waals surface area contributed by atoms with Gasteiger partial charge in [0, 0.05) is 31.1 Å². The van der Waals surface area contributed by atoms with Gasteiger partial charge in [0.15, 0.2) is 0 Å². The number of aromatic nitrogens is 1. The van der Waals surface area contributed by atoms with Crippen LogP contribution in [0, 0.1) is 12.8 Å². The molecule has 1 atom stereocenters. The Bertz CT molecular complexity index is 295. The highest BCUT2D eigenvalue weighted by atomic mass is 16.3. The molecule has 0 bridgehead atoms. The SMILES string of the molecule is Cc1ccc(CNC(CCO)C(C)C)cn1. The Balaban J connectivity index is 2.45. The van der Waals surface area contributed by atoms with Gasteiger partial charge in [0.2, 0.25) is 0 Å². The Kier molecular flexibility index (Phi) is 5.43. The molecule has 16 heavy (non-hydrogen) atoms. The van der Waals surface area contributed by atoms with E-state index < -0.39 is 0 Å².